The highest BCUT2D eigenvalue weighted by atomic mass is 32.2. The number of carbonyl (C=O) groups is 2. The predicted molar refractivity (Wildman–Crippen MR) is 97.8 cm³/mol. The highest BCUT2D eigenvalue weighted by molar-refractivity contribution is 8.02. The van der Waals surface area contributed by atoms with E-state index in [9.17, 15) is 22.8 Å². The fourth-order valence-electron chi connectivity index (χ4n) is 2.81. The zero-order valence-corrected chi connectivity index (χ0v) is 15.2. The number of imide groups is 1. The van der Waals surface area contributed by atoms with Crippen LogP contribution in [0.4, 0.5) is 18.9 Å². The first-order chi connectivity index (χ1) is 12.8. The quantitative estimate of drug-likeness (QED) is 0.588. The second-order valence-corrected chi connectivity index (χ2v) is 8.35. The molecular weight excluding hydrogens is 397 g/mol. The molecule has 9 heteroatoms. The molecule has 4 nitrogen and oxygen atoms in total. The van der Waals surface area contributed by atoms with Crippen LogP contribution < -0.4 is 4.90 Å². The molecule has 0 unspecified atom stereocenters. The topological polar surface area (TPSA) is 50.3 Å². The van der Waals surface area contributed by atoms with Crippen molar-refractivity contribution >= 4 is 50.8 Å². The molecular formula is C18H11F3N2O2S2. The first kappa shape index (κ1) is 18.0. The Morgan fingerprint density at radius 2 is 1.89 bits per heavy atom. The Morgan fingerprint density at radius 1 is 1.11 bits per heavy atom. The molecule has 1 saturated heterocycles. The molecule has 1 aromatic heterocycles. The molecule has 1 aliphatic heterocycles. The summed E-state index contributed by atoms with van der Waals surface area (Å²) in [7, 11) is 0. The molecule has 1 aliphatic rings. The van der Waals surface area contributed by atoms with Crippen LogP contribution in [0.25, 0.3) is 10.2 Å². The smallest absolute Gasteiger partial charge is 0.274 e. The SMILES string of the molecule is O=C1C[C@H](Sc2nc3ccccc3s2)C(=O)N1c1cccc(C(F)(F)F)c1. The van der Waals surface area contributed by atoms with Crippen molar-refractivity contribution in [3.8, 4) is 0 Å². The summed E-state index contributed by atoms with van der Waals surface area (Å²) in [5.41, 5.74) is -0.161. The largest absolute Gasteiger partial charge is 0.416 e. The second-order valence-electron chi connectivity index (χ2n) is 5.87. The highest BCUT2D eigenvalue weighted by Crippen LogP contribution is 2.38. The number of para-hydroxylation sites is 1. The van der Waals surface area contributed by atoms with E-state index in [2.05, 4.69) is 4.98 Å². The Morgan fingerprint density at radius 3 is 2.63 bits per heavy atom. The molecule has 2 aromatic carbocycles. The van der Waals surface area contributed by atoms with Gasteiger partial charge in [-0.05, 0) is 30.3 Å². The number of rotatable bonds is 3. The normalized spacial score (nSPS) is 17.9. The van der Waals surface area contributed by atoms with E-state index in [1.807, 2.05) is 24.3 Å². The van der Waals surface area contributed by atoms with Crippen molar-refractivity contribution in [2.24, 2.45) is 0 Å². The van der Waals surface area contributed by atoms with E-state index in [0.717, 1.165) is 27.2 Å². The number of fused-ring (bicyclic) bond motifs is 1. The van der Waals surface area contributed by atoms with Gasteiger partial charge in [0.25, 0.3) is 0 Å². The van der Waals surface area contributed by atoms with Gasteiger partial charge in [0.05, 0.1) is 21.5 Å². The van der Waals surface area contributed by atoms with Crippen molar-refractivity contribution in [1.82, 2.24) is 4.98 Å². The van der Waals surface area contributed by atoms with Gasteiger partial charge in [0.15, 0.2) is 4.34 Å². The van der Waals surface area contributed by atoms with Crippen LogP contribution in [0, 0.1) is 0 Å². The van der Waals surface area contributed by atoms with Crippen LogP contribution in [0.15, 0.2) is 52.9 Å². The Bertz CT molecular complexity index is 1020. The van der Waals surface area contributed by atoms with E-state index in [1.54, 1.807) is 0 Å². The molecule has 0 aliphatic carbocycles. The summed E-state index contributed by atoms with van der Waals surface area (Å²) >= 11 is 2.58. The van der Waals surface area contributed by atoms with Gasteiger partial charge in [0.1, 0.15) is 5.25 Å². The first-order valence-corrected chi connectivity index (χ1v) is 9.59. The lowest BCUT2D eigenvalue weighted by Gasteiger charge is -2.16. The summed E-state index contributed by atoms with van der Waals surface area (Å²) in [6.07, 6.45) is -4.62. The van der Waals surface area contributed by atoms with Crippen molar-refractivity contribution in [3.63, 3.8) is 0 Å². The van der Waals surface area contributed by atoms with Gasteiger partial charge in [0, 0.05) is 6.42 Å². The van der Waals surface area contributed by atoms with Crippen molar-refractivity contribution < 1.29 is 22.8 Å². The van der Waals surface area contributed by atoms with E-state index in [4.69, 9.17) is 0 Å². The number of alkyl halides is 3. The lowest BCUT2D eigenvalue weighted by atomic mass is 10.2. The number of carbonyl (C=O) groups excluding carboxylic acids is 2. The first-order valence-electron chi connectivity index (χ1n) is 7.89. The minimum Gasteiger partial charge on any atom is -0.274 e. The average molecular weight is 408 g/mol. The molecule has 27 heavy (non-hydrogen) atoms. The van der Waals surface area contributed by atoms with Crippen molar-refractivity contribution in [2.45, 2.75) is 22.2 Å². The molecule has 0 radical (unpaired) electrons. The van der Waals surface area contributed by atoms with Crippen LogP contribution in [0.2, 0.25) is 0 Å². The van der Waals surface area contributed by atoms with E-state index >= 15 is 0 Å². The van der Waals surface area contributed by atoms with Crippen molar-refractivity contribution in [1.29, 1.82) is 0 Å². The van der Waals surface area contributed by atoms with Gasteiger partial charge < -0.3 is 0 Å². The molecule has 0 spiro atoms. The number of anilines is 1. The molecule has 0 N–H and O–H groups in total. The van der Waals surface area contributed by atoms with Crippen LogP contribution >= 0.6 is 23.1 Å². The second kappa shape index (κ2) is 6.65. The number of nitrogens with zero attached hydrogens (tertiary/aromatic N) is 2. The number of thioether (sulfide) groups is 1. The number of halogens is 3. The zero-order valence-electron chi connectivity index (χ0n) is 13.6. The predicted octanol–water partition coefficient (Wildman–Crippen LogP) is 4.74. The Kier molecular flexibility index (Phi) is 4.43. The minimum atomic E-state index is -4.54. The van der Waals surface area contributed by atoms with Crippen LogP contribution in [-0.2, 0) is 15.8 Å². The fourth-order valence-corrected chi connectivity index (χ4v) is 5.15. The third-order valence-electron chi connectivity index (χ3n) is 4.05. The molecule has 4 rings (SSSR count). The van der Waals surface area contributed by atoms with Crippen LogP contribution in [0.5, 0.6) is 0 Å². The third-order valence-corrected chi connectivity index (χ3v) is 6.37. The molecule has 3 aromatic rings. The lowest BCUT2D eigenvalue weighted by Crippen LogP contribution is -2.31. The molecule has 2 amide bonds. The van der Waals surface area contributed by atoms with E-state index < -0.39 is 28.8 Å². The average Bonchev–Trinajstić information content (AvgIpc) is 3.14. The van der Waals surface area contributed by atoms with Gasteiger partial charge in [-0.2, -0.15) is 13.2 Å². The maximum Gasteiger partial charge on any atom is 0.416 e. The summed E-state index contributed by atoms with van der Waals surface area (Å²) in [4.78, 5) is 30.3. The number of amides is 2. The van der Waals surface area contributed by atoms with Crippen LogP contribution in [0.3, 0.4) is 0 Å². The summed E-state index contributed by atoms with van der Waals surface area (Å²) in [6.45, 7) is 0. The minimum absolute atomic E-state index is 0.0628. The van der Waals surface area contributed by atoms with Crippen molar-refractivity contribution in [2.75, 3.05) is 4.90 Å². The number of thiazole rings is 1. The van der Waals surface area contributed by atoms with Gasteiger partial charge >= 0.3 is 6.18 Å². The third kappa shape index (κ3) is 3.44. The standard InChI is InChI=1S/C18H11F3N2O2S2/c19-18(20,21)10-4-3-5-11(8-10)23-15(24)9-14(16(23)25)27-17-22-12-6-1-2-7-13(12)26-17/h1-8,14H,9H2/t14-/m0/s1. The molecule has 0 saturated carbocycles. The van der Waals surface area contributed by atoms with E-state index in [-0.39, 0.29) is 12.1 Å². The molecule has 0 bridgehead atoms. The molecule has 2 heterocycles. The van der Waals surface area contributed by atoms with Gasteiger partial charge in [-0.15, -0.1) is 11.3 Å². The monoisotopic (exact) mass is 408 g/mol. The summed E-state index contributed by atoms with van der Waals surface area (Å²) in [5, 5.41) is -0.701. The molecule has 138 valence electrons. The summed E-state index contributed by atoms with van der Waals surface area (Å²) in [5.74, 6) is -1.04. The summed E-state index contributed by atoms with van der Waals surface area (Å²) < 4.78 is 40.4. The van der Waals surface area contributed by atoms with E-state index in [1.165, 1.54) is 35.2 Å². The molecule has 1 atom stereocenters. The van der Waals surface area contributed by atoms with Crippen LogP contribution in [0.1, 0.15) is 12.0 Å². The molecule has 1 fully saturated rings. The Hall–Kier alpha value is -2.39. The lowest BCUT2D eigenvalue weighted by molar-refractivity contribution is -0.137. The maximum atomic E-state index is 12.9. The Balaban J connectivity index is 1.58. The van der Waals surface area contributed by atoms with E-state index in [0.29, 0.717) is 4.34 Å². The van der Waals surface area contributed by atoms with Gasteiger partial charge in [-0.1, -0.05) is 30.0 Å². The number of hydrogen-bond acceptors (Lipinski definition) is 5. The maximum absolute atomic E-state index is 12.9. The zero-order chi connectivity index (χ0) is 19.2. The number of hydrogen-bond donors (Lipinski definition) is 0. The van der Waals surface area contributed by atoms with Gasteiger partial charge in [0.2, 0.25) is 11.8 Å². The van der Waals surface area contributed by atoms with Crippen molar-refractivity contribution in [3.05, 3.63) is 54.1 Å². The number of aromatic nitrogens is 1. The van der Waals surface area contributed by atoms with Gasteiger partial charge in [-0.3, -0.25) is 9.59 Å². The summed E-state index contributed by atoms with van der Waals surface area (Å²) in [6, 6.07) is 11.7. The Labute approximate surface area is 160 Å². The number of benzene rings is 2. The van der Waals surface area contributed by atoms with Crippen LogP contribution in [-0.4, -0.2) is 22.0 Å². The fraction of sp³-hybridized carbons (Fsp3) is 0.167. The highest BCUT2D eigenvalue weighted by Gasteiger charge is 2.41. The van der Waals surface area contributed by atoms with Gasteiger partial charge in [-0.25, -0.2) is 9.88 Å².